The molecular formula is C41H66FN8O12P. The van der Waals surface area contributed by atoms with E-state index in [0.29, 0.717) is 6.42 Å². The molecule has 2 aliphatic heterocycles. The van der Waals surface area contributed by atoms with Gasteiger partial charge in [-0.2, -0.15) is 4.98 Å². The van der Waals surface area contributed by atoms with Gasteiger partial charge in [0.05, 0.1) is 19.0 Å². The van der Waals surface area contributed by atoms with E-state index in [9.17, 15) is 28.6 Å². The molecule has 3 aromatic heterocycles. The van der Waals surface area contributed by atoms with E-state index in [1.807, 2.05) is 0 Å². The topological polar surface area (TPSA) is 257 Å². The molecule has 63 heavy (non-hydrogen) atoms. The number of fused-ring (bicyclic) bond motifs is 1. The van der Waals surface area contributed by atoms with Gasteiger partial charge in [-0.25, -0.2) is 18.7 Å². The minimum atomic E-state index is -4.82. The number of aromatic amines is 2. The molecule has 0 aromatic carbocycles. The zero-order valence-electron chi connectivity index (χ0n) is 36.9. The minimum absolute atomic E-state index is 0.0430. The Morgan fingerprint density at radius 1 is 0.905 bits per heavy atom. The van der Waals surface area contributed by atoms with Crippen LogP contribution in [-0.2, 0) is 37.4 Å². The van der Waals surface area contributed by atoms with Crippen molar-refractivity contribution in [1.82, 2.24) is 34.0 Å². The molecule has 5 heterocycles. The van der Waals surface area contributed by atoms with Crippen molar-refractivity contribution < 1.29 is 46.6 Å². The van der Waals surface area contributed by atoms with Crippen LogP contribution in [0.15, 0.2) is 33.0 Å². The van der Waals surface area contributed by atoms with E-state index in [0.717, 1.165) is 43.7 Å². The number of carbonyl (C=O) groups is 1. The van der Waals surface area contributed by atoms with Crippen molar-refractivity contribution in [3.05, 3.63) is 49.8 Å². The van der Waals surface area contributed by atoms with Crippen LogP contribution in [-0.4, -0.2) is 116 Å². The van der Waals surface area contributed by atoms with Crippen LogP contribution in [0.1, 0.15) is 122 Å². The van der Waals surface area contributed by atoms with Crippen molar-refractivity contribution in [3.63, 3.8) is 0 Å². The fraction of sp³-hybridized carbons (Fsp3) is 0.756. The Balaban J connectivity index is 1.31. The minimum Gasteiger partial charge on any atom is -0.382 e. The number of imidazole rings is 1. The molecule has 0 spiro atoms. The molecule has 5 N–H and O–H groups in total. The van der Waals surface area contributed by atoms with Crippen LogP contribution in [0.3, 0.4) is 0 Å². The van der Waals surface area contributed by atoms with E-state index in [-0.39, 0.29) is 43.2 Å². The molecule has 1 unspecified atom stereocenters. The smallest absolute Gasteiger partial charge is 0.382 e. The van der Waals surface area contributed by atoms with Crippen LogP contribution in [0.25, 0.3) is 11.2 Å². The van der Waals surface area contributed by atoms with Gasteiger partial charge in [0.25, 0.3) is 11.1 Å². The zero-order valence-corrected chi connectivity index (χ0v) is 37.8. The van der Waals surface area contributed by atoms with Gasteiger partial charge in [-0.15, -0.1) is 0 Å². The first-order valence-corrected chi connectivity index (χ1v) is 23.7. The summed E-state index contributed by atoms with van der Waals surface area (Å²) >= 11 is 0. The number of nitrogen functional groups attached to an aromatic ring is 1. The Labute approximate surface area is 366 Å². The highest BCUT2D eigenvalue weighted by atomic mass is 31.2. The average Bonchev–Trinajstić information content (AvgIpc) is 3.91. The van der Waals surface area contributed by atoms with Gasteiger partial charge in [0.1, 0.15) is 18.3 Å². The van der Waals surface area contributed by atoms with E-state index < -0.39 is 79.5 Å². The summed E-state index contributed by atoms with van der Waals surface area (Å²) in [5.41, 5.74) is 3.56. The number of hydrogen-bond donors (Lipinski definition) is 4. The Kier molecular flexibility index (Phi) is 19.5. The summed E-state index contributed by atoms with van der Waals surface area (Å²) in [6, 6.07) is 1.18. The third-order valence-corrected chi connectivity index (χ3v) is 12.9. The van der Waals surface area contributed by atoms with Crippen LogP contribution in [0.2, 0.25) is 0 Å². The van der Waals surface area contributed by atoms with Gasteiger partial charge in [-0.3, -0.25) is 42.5 Å². The normalized spacial score (nSPS) is 24.6. The highest BCUT2D eigenvalue weighted by molar-refractivity contribution is 7.47. The summed E-state index contributed by atoms with van der Waals surface area (Å²) in [7, 11) is -0.988. The van der Waals surface area contributed by atoms with Gasteiger partial charge in [0.2, 0.25) is 11.9 Å². The lowest BCUT2D eigenvalue weighted by Crippen LogP contribution is -2.45. The Hall–Kier alpha value is -3.82. The highest BCUT2D eigenvalue weighted by Gasteiger charge is 2.52. The van der Waals surface area contributed by atoms with Crippen molar-refractivity contribution in [2.75, 3.05) is 46.8 Å². The molecule has 2 aliphatic rings. The number of nitrogens with zero attached hydrogens (tertiary/aromatic N) is 5. The molecule has 354 valence electrons. The fourth-order valence-corrected chi connectivity index (χ4v) is 9.20. The molecule has 0 aliphatic carbocycles. The first-order chi connectivity index (χ1) is 30.3. The lowest BCUT2D eigenvalue weighted by molar-refractivity contribution is -0.137. The summed E-state index contributed by atoms with van der Waals surface area (Å²) < 4.78 is 65.5. The van der Waals surface area contributed by atoms with Crippen LogP contribution in [0.5, 0.6) is 0 Å². The second-order valence-electron chi connectivity index (χ2n) is 16.4. The molecule has 2 saturated heterocycles. The van der Waals surface area contributed by atoms with Crippen LogP contribution < -0.4 is 22.5 Å². The SMILES string of the molecule is CCCCCCCCCCCCCCCCCN(C[C@H]1O[C@@H](n2cnc3c(=O)[nH]c(N)nc32)[C@H](F)[C@@H]1OP(=O)(O)OC)C(=O)C[C@H]1[C@@H](OC)[C@H](n2ccc(=O)[nH]c2=O)O[C@@H]1COC. The predicted octanol–water partition coefficient (Wildman–Crippen LogP) is 4.88. The number of ether oxygens (including phenoxy) is 4. The second kappa shape index (κ2) is 24.5. The molecule has 0 saturated carbocycles. The maximum Gasteiger partial charge on any atom is 0.472 e. The van der Waals surface area contributed by atoms with Crippen molar-refractivity contribution in [1.29, 1.82) is 0 Å². The molecule has 5 rings (SSSR count). The van der Waals surface area contributed by atoms with Gasteiger partial charge in [0.15, 0.2) is 29.8 Å². The second-order valence-corrected chi connectivity index (χ2v) is 17.9. The number of hydrogen-bond acceptors (Lipinski definition) is 14. The molecule has 0 radical (unpaired) electrons. The Bertz CT molecular complexity index is 2120. The number of alkyl halides is 1. The van der Waals surface area contributed by atoms with E-state index in [2.05, 4.69) is 31.4 Å². The summed E-state index contributed by atoms with van der Waals surface area (Å²) in [4.78, 5) is 76.4. The quantitative estimate of drug-likeness (QED) is 0.0559. The predicted molar refractivity (Wildman–Crippen MR) is 231 cm³/mol. The first kappa shape index (κ1) is 50.2. The van der Waals surface area contributed by atoms with Gasteiger partial charge in [-0.05, 0) is 6.42 Å². The van der Waals surface area contributed by atoms with Gasteiger partial charge in [-0.1, -0.05) is 96.8 Å². The van der Waals surface area contributed by atoms with Crippen molar-refractivity contribution in [2.45, 2.75) is 153 Å². The Morgan fingerprint density at radius 3 is 2.11 bits per heavy atom. The number of rotatable bonds is 28. The summed E-state index contributed by atoms with van der Waals surface area (Å²) in [6.07, 6.45) is 10.1. The van der Waals surface area contributed by atoms with Crippen molar-refractivity contribution in [3.8, 4) is 0 Å². The lowest BCUT2D eigenvalue weighted by Gasteiger charge is -2.31. The summed E-state index contributed by atoms with van der Waals surface area (Å²) in [6.45, 7) is 2.21. The van der Waals surface area contributed by atoms with Crippen LogP contribution in [0.4, 0.5) is 10.3 Å². The number of methoxy groups -OCH3 is 2. The molecule has 3 aromatic rings. The molecule has 9 atom stereocenters. The number of nitrogens with one attached hydrogen (secondary N) is 2. The molecular weight excluding hydrogens is 846 g/mol. The van der Waals surface area contributed by atoms with Crippen molar-refractivity contribution in [2.24, 2.45) is 5.92 Å². The third-order valence-electron chi connectivity index (χ3n) is 11.9. The van der Waals surface area contributed by atoms with E-state index in [1.54, 1.807) is 0 Å². The number of halogens is 1. The number of phosphoric ester groups is 1. The van der Waals surface area contributed by atoms with Gasteiger partial charge < -0.3 is 34.5 Å². The number of carbonyl (C=O) groups excluding carboxylic acids is 1. The largest absolute Gasteiger partial charge is 0.472 e. The standard InChI is InChI=1S/C41H66FN8O12P/c1-5-6-7-8-9-10-11-12-13-14-15-16-17-18-19-21-48(31(52)23-27-29(25-57-2)61-39(34(27)58-3)49-22-20-30(51)45-41(49)54)24-28-35(62-63(55,56)59-4)32(42)38(60-28)50-26-44-33-36(50)46-40(43)47-37(33)53/h20,22,26-29,32,34-35,38-39H,5-19,21,23-25H2,1-4H3,(H,55,56)(H,45,51,54)(H3,43,46,47,53)/t27-,28-,29-,32-,34-,35-,38-,39-/m1/s1. The Morgan fingerprint density at radius 2 is 1.52 bits per heavy atom. The van der Waals surface area contributed by atoms with Gasteiger partial charge >= 0.3 is 13.5 Å². The monoisotopic (exact) mass is 912 g/mol. The fourth-order valence-electron chi connectivity index (χ4n) is 8.55. The molecule has 0 bridgehead atoms. The number of nitrogens with two attached hydrogens (primary N) is 1. The van der Waals surface area contributed by atoms with Crippen LogP contribution >= 0.6 is 7.82 Å². The number of anilines is 1. The van der Waals surface area contributed by atoms with Gasteiger partial charge in [0, 0.05) is 59.0 Å². The summed E-state index contributed by atoms with van der Waals surface area (Å²) in [5.74, 6) is -1.32. The molecule has 20 nitrogen and oxygen atoms in total. The first-order valence-electron chi connectivity index (χ1n) is 22.2. The number of aromatic nitrogens is 6. The number of H-pyrrole nitrogens is 2. The van der Waals surface area contributed by atoms with Crippen molar-refractivity contribution >= 4 is 30.8 Å². The summed E-state index contributed by atoms with van der Waals surface area (Å²) in [5, 5.41) is 0. The molecule has 22 heteroatoms. The van der Waals surface area contributed by atoms with E-state index in [1.165, 1.54) is 100 Å². The molecule has 1 amide bonds. The maximum absolute atomic E-state index is 16.6. The molecule has 2 fully saturated rings. The van der Waals surface area contributed by atoms with E-state index in [4.69, 9.17) is 29.2 Å². The number of amides is 1. The third kappa shape index (κ3) is 13.6. The van der Waals surface area contributed by atoms with E-state index >= 15 is 4.39 Å². The maximum atomic E-state index is 16.6. The number of phosphoric acid groups is 1. The zero-order chi connectivity index (χ0) is 45.5. The lowest BCUT2D eigenvalue weighted by atomic mass is 9.93. The van der Waals surface area contributed by atoms with Crippen LogP contribution in [0, 0.1) is 5.92 Å². The number of unbranched alkanes of at least 4 members (excludes halogenated alkanes) is 14. The highest BCUT2D eigenvalue weighted by Crippen LogP contribution is 2.49. The average molecular weight is 913 g/mol.